The Hall–Kier alpha value is -2.05. The molecule has 0 saturated heterocycles. The molecule has 0 fully saturated rings. The zero-order valence-corrected chi connectivity index (χ0v) is 15.4. The topological polar surface area (TPSA) is 81.4 Å². The molecule has 3 N–H and O–H groups in total. The second-order valence-corrected chi connectivity index (χ2v) is 7.70. The van der Waals surface area contributed by atoms with E-state index in [1.54, 1.807) is 24.3 Å². The summed E-state index contributed by atoms with van der Waals surface area (Å²) in [5.74, 6) is 0.149. The Labute approximate surface area is 155 Å². The van der Waals surface area contributed by atoms with E-state index in [1.165, 1.54) is 11.3 Å². The van der Waals surface area contributed by atoms with Gasteiger partial charge in [0.15, 0.2) is 6.61 Å². The largest absolute Gasteiger partial charge is 0.482 e. The summed E-state index contributed by atoms with van der Waals surface area (Å²) < 4.78 is 5.43. The van der Waals surface area contributed by atoms with Crippen molar-refractivity contribution in [1.29, 1.82) is 0 Å². The van der Waals surface area contributed by atoms with Crippen LogP contribution in [0.5, 0.6) is 5.75 Å². The fraction of sp³-hybridized carbons (Fsp3) is 0.333. The Morgan fingerprint density at radius 3 is 2.88 bits per heavy atom. The first-order chi connectivity index (χ1) is 12.0. The van der Waals surface area contributed by atoms with E-state index in [0.717, 1.165) is 29.7 Å². The van der Waals surface area contributed by atoms with Crippen molar-refractivity contribution in [2.75, 3.05) is 11.9 Å². The van der Waals surface area contributed by atoms with Gasteiger partial charge in [-0.2, -0.15) is 0 Å². The molecule has 132 valence electrons. The highest BCUT2D eigenvalue weighted by Crippen LogP contribution is 2.39. The summed E-state index contributed by atoms with van der Waals surface area (Å²) in [4.78, 5) is 25.2. The second-order valence-electron chi connectivity index (χ2n) is 6.19. The van der Waals surface area contributed by atoms with Gasteiger partial charge in [0.1, 0.15) is 10.8 Å². The molecule has 2 aromatic rings. The number of benzene rings is 1. The number of thiophene rings is 1. The highest BCUT2D eigenvalue weighted by molar-refractivity contribution is 7.17. The molecular weight excluding hydrogens is 360 g/mol. The Morgan fingerprint density at radius 1 is 1.40 bits per heavy atom. The third kappa shape index (κ3) is 3.96. The number of nitrogens with two attached hydrogens (primary N) is 1. The fourth-order valence-electron chi connectivity index (χ4n) is 2.97. The van der Waals surface area contributed by atoms with Gasteiger partial charge in [-0.25, -0.2) is 0 Å². The molecule has 1 aromatic heterocycles. The Morgan fingerprint density at radius 2 is 2.16 bits per heavy atom. The maximum atomic E-state index is 12.2. The number of ether oxygens (including phenoxy) is 1. The minimum atomic E-state index is -0.505. The summed E-state index contributed by atoms with van der Waals surface area (Å²) in [5, 5.41) is 3.72. The average molecular weight is 379 g/mol. The third-order valence-corrected chi connectivity index (χ3v) is 5.69. The van der Waals surface area contributed by atoms with Crippen LogP contribution in [0.15, 0.2) is 24.3 Å². The molecule has 1 heterocycles. The summed E-state index contributed by atoms with van der Waals surface area (Å²) in [6.07, 6.45) is 2.75. The summed E-state index contributed by atoms with van der Waals surface area (Å²) in [6, 6.07) is 6.94. The molecule has 7 heteroatoms. The number of rotatable bonds is 5. The lowest BCUT2D eigenvalue weighted by molar-refractivity contribution is -0.118. The summed E-state index contributed by atoms with van der Waals surface area (Å²) in [7, 11) is 0. The first-order valence-corrected chi connectivity index (χ1v) is 9.26. The van der Waals surface area contributed by atoms with Crippen molar-refractivity contribution in [2.45, 2.75) is 26.2 Å². The van der Waals surface area contributed by atoms with Crippen molar-refractivity contribution in [2.24, 2.45) is 11.7 Å². The molecule has 25 heavy (non-hydrogen) atoms. The minimum absolute atomic E-state index is 0.194. The SMILES string of the molecule is C[C@H]1CCc2c(sc(NC(=O)COc3ccccc3Cl)c2C(N)=O)C1. The van der Waals surface area contributed by atoms with Gasteiger partial charge in [0.25, 0.3) is 11.8 Å². The van der Waals surface area contributed by atoms with Crippen molar-refractivity contribution in [3.05, 3.63) is 45.3 Å². The van der Waals surface area contributed by atoms with Crippen molar-refractivity contribution in [3.8, 4) is 5.75 Å². The molecular formula is C18H19ClN2O3S. The molecule has 0 saturated carbocycles. The van der Waals surface area contributed by atoms with Gasteiger partial charge in [-0.05, 0) is 42.9 Å². The van der Waals surface area contributed by atoms with Crippen LogP contribution in [0.3, 0.4) is 0 Å². The first kappa shape index (κ1) is 17.8. The number of carbonyl (C=O) groups is 2. The Bertz CT molecular complexity index is 819. The molecule has 5 nitrogen and oxygen atoms in total. The third-order valence-electron chi connectivity index (χ3n) is 4.21. The molecule has 0 spiro atoms. The van der Waals surface area contributed by atoms with Crippen molar-refractivity contribution < 1.29 is 14.3 Å². The number of primary amides is 1. The predicted octanol–water partition coefficient (Wildman–Crippen LogP) is 3.64. The number of hydrogen-bond acceptors (Lipinski definition) is 4. The lowest BCUT2D eigenvalue weighted by Gasteiger charge is -2.18. The second kappa shape index (κ2) is 7.45. The average Bonchev–Trinajstić information content (AvgIpc) is 2.91. The zero-order valence-electron chi connectivity index (χ0n) is 13.8. The maximum absolute atomic E-state index is 12.2. The fourth-order valence-corrected chi connectivity index (χ4v) is 4.59. The standard InChI is InChI=1S/C18H19ClN2O3S/c1-10-6-7-11-14(8-10)25-18(16(11)17(20)23)21-15(22)9-24-13-5-3-2-4-12(13)19/h2-5,10H,6-9H2,1H3,(H2,20,23)(H,21,22)/t10-/m0/s1. The zero-order chi connectivity index (χ0) is 18.0. The van der Waals surface area contributed by atoms with Gasteiger partial charge in [0.05, 0.1) is 10.6 Å². The van der Waals surface area contributed by atoms with Crippen LogP contribution in [0.4, 0.5) is 5.00 Å². The quantitative estimate of drug-likeness (QED) is 0.833. The molecule has 1 atom stereocenters. The minimum Gasteiger partial charge on any atom is -0.482 e. The van der Waals surface area contributed by atoms with E-state index >= 15 is 0 Å². The van der Waals surface area contributed by atoms with Gasteiger partial charge < -0.3 is 15.8 Å². The van der Waals surface area contributed by atoms with Crippen LogP contribution in [0.2, 0.25) is 5.02 Å². The molecule has 0 unspecified atom stereocenters. The molecule has 2 amide bonds. The number of hydrogen-bond donors (Lipinski definition) is 2. The van der Waals surface area contributed by atoms with Crippen LogP contribution in [-0.4, -0.2) is 18.4 Å². The van der Waals surface area contributed by atoms with Crippen LogP contribution in [0.25, 0.3) is 0 Å². The van der Waals surface area contributed by atoms with Crippen LogP contribution >= 0.6 is 22.9 Å². The number of amides is 2. The smallest absolute Gasteiger partial charge is 0.262 e. The number of nitrogens with one attached hydrogen (secondary N) is 1. The molecule has 3 rings (SSSR count). The van der Waals surface area contributed by atoms with E-state index in [4.69, 9.17) is 22.1 Å². The Kier molecular flexibility index (Phi) is 5.30. The highest BCUT2D eigenvalue weighted by atomic mass is 35.5. The van der Waals surface area contributed by atoms with E-state index < -0.39 is 5.91 Å². The number of fused-ring (bicyclic) bond motifs is 1. The number of para-hydroxylation sites is 1. The van der Waals surface area contributed by atoms with E-state index in [9.17, 15) is 9.59 Å². The summed E-state index contributed by atoms with van der Waals surface area (Å²) in [6.45, 7) is 1.99. The van der Waals surface area contributed by atoms with Crippen molar-refractivity contribution in [3.63, 3.8) is 0 Å². The van der Waals surface area contributed by atoms with Gasteiger partial charge in [0.2, 0.25) is 0 Å². The predicted molar refractivity (Wildman–Crippen MR) is 99.6 cm³/mol. The molecule has 0 bridgehead atoms. The van der Waals surface area contributed by atoms with Crippen molar-refractivity contribution in [1.82, 2.24) is 0 Å². The van der Waals surface area contributed by atoms with Gasteiger partial charge >= 0.3 is 0 Å². The van der Waals surface area contributed by atoms with Gasteiger partial charge in [-0.15, -0.1) is 11.3 Å². The monoisotopic (exact) mass is 378 g/mol. The highest BCUT2D eigenvalue weighted by Gasteiger charge is 2.27. The summed E-state index contributed by atoms with van der Waals surface area (Å²) in [5.41, 5.74) is 6.97. The van der Waals surface area contributed by atoms with E-state index in [1.807, 2.05) is 0 Å². The number of carbonyl (C=O) groups excluding carboxylic acids is 2. The maximum Gasteiger partial charge on any atom is 0.262 e. The van der Waals surface area contributed by atoms with Crippen molar-refractivity contribution >= 4 is 39.8 Å². The number of halogens is 1. The van der Waals surface area contributed by atoms with Gasteiger partial charge in [-0.3, -0.25) is 9.59 Å². The Balaban J connectivity index is 1.73. The molecule has 0 aliphatic heterocycles. The molecule has 1 aliphatic carbocycles. The normalized spacial score (nSPS) is 16.2. The molecule has 1 aliphatic rings. The number of anilines is 1. The van der Waals surface area contributed by atoms with Crippen LogP contribution < -0.4 is 15.8 Å². The first-order valence-electron chi connectivity index (χ1n) is 8.07. The van der Waals surface area contributed by atoms with E-state index in [0.29, 0.717) is 27.3 Å². The van der Waals surface area contributed by atoms with Crippen LogP contribution in [-0.2, 0) is 17.6 Å². The lowest BCUT2D eigenvalue weighted by atomic mass is 9.88. The lowest BCUT2D eigenvalue weighted by Crippen LogP contribution is -2.22. The van der Waals surface area contributed by atoms with Gasteiger partial charge in [-0.1, -0.05) is 30.7 Å². The van der Waals surface area contributed by atoms with Crippen LogP contribution in [0, 0.1) is 5.92 Å². The van der Waals surface area contributed by atoms with E-state index in [-0.39, 0.29) is 12.5 Å². The molecule has 0 radical (unpaired) electrons. The molecule has 1 aromatic carbocycles. The van der Waals surface area contributed by atoms with Crippen LogP contribution in [0.1, 0.15) is 34.1 Å². The van der Waals surface area contributed by atoms with E-state index in [2.05, 4.69) is 12.2 Å². The summed E-state index contributed by atoms with van der Waals surface area (Å²) >= 11 is 7.43. The van der Waals surface area contributed by atoms with Gasteiger partial charge in [0, 0.05) is 4.88 Å².